The van der Waals surface area contributed by atoms with E-state index in [2.05, 4.69) is 5.32 Å². The summed E-state index contributed by atoms with van der Waals surface area (Å²) >= 11 is 0. The Labute approximate surface area is 154 Å². The summed E-state index contributed by atoms with van der Waals surface area (Å²) < 4.78 is 21.7. The third-order valence-corrected chi connectivity index (χ3v) is 4.09. The van der Waals surface area contributed by atoms with E-state index < -0.39 is 5.63 Å². The van der Waals surface area contributed by atoms with E-state index >= 15 is 0 Å². The summed E-state index contributed by atoms with van der Waals surface area (Å²) in [6.07, 6.45) is 0. The minimum Gasteiger partial charge on any atom is -0.486 e. The Balaban J connectivity index is 1.36. The molecule has 1 aliphatic heterocycles. The second-order valence-electron chi connectivity index (χ2n) is 5.96. The third kappa shape index (κ3) is 3.87. The average molecular weight is 367 g/mol. The molecule has 27 heavy (non-hydrogen) atoms. The van der Waals surface area contributed by atoms with Crippen LogP contribution in [0.3, 0.4) is 0 Å². The largest absolute Gasteiger partial charge is 0.486 e. The number of ether oxygens (including phenoxy) is 3. The summed E-state index contributed by atoms with van der Waals surface area (Å²) in [5.41, 5.74) is 0.816. The van der Waals surface area contributed by atoms with Crippen molar-refractivity contribution >= 4 is 16.9 Å². The molecule has 0 radical (unpaired) electrons. The first-order valence-corrected chi connectivity index (χ1v) is 8.50. The smallest absolute Gasteiger partial charge is 0.336 e. The Morgan fingerprint density at radius 1 is 1.07 bits per heavy atom. The lowest BCUT2D eigenvalue weighted by Crippen LogP contribution is -2.29. The van der Waals surface area contributed by atoms with Crippen LogP contribution in [-0.4, -0.2) is 25.7 Å². The van der Waals surface area contributed by atoms with Gasteiger partial charge >= 0.3 is 5.63 Å². The molecular weight excluding hydrogens is 350 g/mol. The molecule has 2 heterocycles. The maximum Gasteiger partial charge on any atom is 0.336 e. The maximum atomic E-state index is 12.1. The second kappa shape index (κ2) is 7.41. The zero-order chi connectivity index (χ0) is 18.6. The Morgan fingerprint density at radius 3 is 2.85 bits per heavy atom. The van der Waals surface area contributed by atoms with E-state index in [1.54, 1.807) is 24.3 Å². The highest BCUT2D eigenvalue weighted by Gasteiger charge is 2.16. The minimum absolute atomic E-state index is 0.158. The lowest BCUT2D eigenvalue weighted by Gasteiger charge is -2.21. The van der Waals surface area contributed by atoms with E-state index in [1.165, 1.54) is 6.07 Å². The molecule has 0 unspecified atom stereocenters. The number of carbonyl (C=O) groups is 1. The van der Waals surface area contributed by atoms with Gasteiger partial charge in [-0.15, -0.1) is 0 Å². The fraction of sp³-hybridized carbons (Fsp3) is 0.200. The highest BCUT2D eigenvalue weighted by Crippen LogP contribution is 2.33. The molecule has 7 heteroatoms. The van der Waals surface area contributed by atoms with Crippen LogP contribution in [0.15, 0.2) is 57.7 Å². The third-order valence-electron chi connectivity index (χ3n) is 4.09. The summed E-state index contributed by atoms with van der Waals surface area (Å²) in [5.74, 6) is 1.51. The van der Waals surface area contributed by atoms with Crippen LogP contribution in [0, 0.1) is 0 Å². The molecule has 1 aliphatic rings. The molecule has 0 bridgehead atoms. The first kappa shape index (κ1) is 17.0. The number of hydrogen-bond donors (Lipinski definition) is 1. The van der Waals surface area contributed by atoms with Gasteiger partial charge in [-0.2, -0.15) is 0 Å². The number of nitrogens with one attached hydrogen (secondary N) is 1. The Kier molecular flexibility index (Phi) is 4.65. The zero-order valence-electron chi connectivity index (χ0n) is 14.4. The Hall–Kier alpha value is -3.48. The van der Waals surface area contributed by atoms with E-state index in [-0.39, 0.29) is 12.5 Å². The Bertz CT molecular complexity index is 1040. The molecule has 0 saturated heterocycles. The fourth-order valence-electron chi connectivity index (χ4n) is 2.80. The summed E-state index contributed by atoms with van der Waals surface area (Å²) in [7, 11) is 0. The number of amides is 1. The van der Waals surface area contributed by atoms with Crippen LogP contribution in [0.2, 0.25) is 0 Å². The lowest BCUT2D eigenvalue weighted by molar-refractivity contribution is -0.123. The highest BCUT2D eigenvalue weighted by atomic mass is 16.6. The molecule has 4 rings (SSSR count). The number of hydrogen-bond acceptors (Lipinski definition) is 6. The molecular formula is C20H17NO6. The van der Waals surface area contributed by atoms with Crippen LogP contribution in [0.5, 0.6) is 17.2 Å². The van der Waals surface area contributed by atoms with E-state index in [0.717, 1.165) is 10.9 Å². The molecule has 0 spiro atoms. The van der Waals surface area contributed by atoms with Crippen LogP contribution in [0.4, 0.5) is 0 Å². The van der Waals surface area contributed by atoms with Crippen molar-refractivity contribution in [2.75, 3.05) is 19.8 Å². The van der Waals surface area contributed by atoms with Crippen molar-refractivity contribution in [2.24, 2.45) is 0 Å². The predicted octanol–water partition coefficient (Wildman–Crippen LogP) is 2.26. The van der Waals surface area contributed by atoms with E-state index in [0.29, 0.717) is 42.6 Å². The summed E-state index contributed by atoms with van der Waals surface area (Å²) in [6.45, 7) is 1.15. The minimum atomic E-state index is -0.435. The molecule has 0 saturated carbocycles. The van der Waals surface area contributed by atoms with Crippen LogP contribution in [-0.2, 0) is 11.3 Å². The van der Waals surface area contributed by atoms with Crippen molar-refractivity contribution in [1.29, 1.82) is 0 Å². The first-order chi connectivity index (χ1) is 13.2. The van der Waals surface area contributed by atoms with Gasteiger partial charge in [-0.3, -0.25) is 4.79 Å². The number of para-hydroxylation sites is 1. The van der Waals surface area contributed by atoms with Crippen molar-refractivity contribution < 1.29 is 23.4 Å². The van der Waals surface area contributed by atoms with Gasteiger partial charge < -0.3 is 23.9 Å². The van der Waals surface area contributed by atoms with Crippen LogP contribution < -0.4 is 25.2 Å². The van der Waals surface area contributed by atoms with Crippen molar-refractivity contribution in [3.63, 3.8) is 0 Å². The van der Waals surface area contributed by atoms with Crippen molar-refractivity contribution in [3.8, 4) is 17.2 Å². The second-order valence-corrected chi connectivity index (χ2v) is 5.96. The summed E-state index contributed by atoms with van der Waals surface area (Å²) in [4.78, 5) is 23.4. The normalized spacial score (nSPS) is 12.6. The summed E-state index contributed by atoms with van der Waals surface area (Å²) in [6, 6.07) is 13.7. The molecule has 7 nitrogen and oxygen atoms in total. The number of carbonyl (C=O) groups excluding carboxylic acids is 1. The predicted molar refractivity (Wildman–Crippen MR) is 97.3 cm³/mol. The summed E-state index contributed by atoms with van der Waals surface area (Å²) in [5, 5.41) is 3.57. The van der Waals surface area contributed by atoms with Gasteiger partial charge in [-0.05, 0) is 24.3 Å². The van der Waals surface area contributed by atoms with Gasteiger partial charge in [0.15, 0.2) is 18.1 Å². The van der Waals surface area contributed by atoms with Crippen molar-refractivity contribution in [3.05, 3.63) is 64.5 Å². The fourth-order valence-corrected chi connectivity index (χ4v) is 2.80. The maximum absolute atomic E-state index is 12.1. The lowest BCUT2D eigenvalue weighted by atomic mass is 10.1. The Morgan fingerprint density at radius 2 is 1.93 bits per heavy atom. The number of rotatable bonds is 5. The monoisotopic (exact) mass is 367 g/mol. The van der Waals surface area contributed by atoms with Gasteiger partial charge in [0, 0.05) is 29.6 Å². The average Bonchev–Trinajstić information content (AvgIpc) is 2.70. The SMILES string of the molecule is O=C(COc1ccc2ccc(=O)oc2c1)NCc1cccc2c1OCCO2. The van der Waals surface area contributed by atoms with Gasteiger partial charge in [-0.25, -0.2) is 4.79 Å². The molecule has 1 amide bonds. The highest BCUT2D eigenvalue weighted by molar-refractivity contribution is 5.79. The van der Waals surface area contributed by atoms with E-state index in [1.807, 2.05) is 18.2 Å². The molecule has 0 atom stereocenters. The van der Waals surface area contributed by atoms with E-state index in [9.17, 15) is 9.59 Å². The van der Waals surface area contributed by atoms with E-state index in [4.69, 9.17) is 18.6 Å². The van der Waals surface area contributed by atoms with Crippen molar-refractivity contribution in [1.82, 2.24) is 5.32 Å². The van der Waals surface area contributed by atoms with Gasteiger partial charge in [0.1, 0.15) is 24.5 Å². The van der Waals surface area contributed by atoms with Gasteiger partial charge in [-0.1, -0.05) is 12.1 Å². The van der Waals surface area contributed by atoms with Gasteiger partial charge in [0.2, 0.25) is 0 Å². The molecule has 138 valence electrons. The molecule has 0 fully saturated rings. The quantitative estimate of drug-likeness (QED) is 0.696. The van der Waals surface area contributed by atoms with Crippen molar-refractivity contribution in [2.45, 2.75) is 6.54 Å². The molecule has 2 aromatic carbocycles. The molecule has 0 aliphatic carbocycles. The standard InChI is InChI=1S/C20H17NO6/c22-18(21-11-14-2-1-3-16-20(14)25-9-8-24-16)12-26-15-6-4-13-5-7-19(23)27-17(13)10-15/h1-7,10H,8-9,11-12H2,(H,21,22). The molecule has 1 aromatic heterocycles. The molecule has 3 aromatic rings. The number of benzene rings is 2. The van der Waals surface area contributed by atoms with Crippen LogP contribution in [0.25, 0.3) is 11.0 Å². The van der Waals surface area contributed by atoms with Gasteiger partial charge in [0.25, 0.3) is 5.91 Å². The topological polar surface area (TPSA) is 87.0 Å². The van der Waals surface area contributed by atoms with Gasteiger partial charge in [0.05, 0.1) is 0 Å². The number of fused-ring (bicyclic) bond motifs is 2. The van der Waals surface area contributed by atoms with Crippen LogP contribution >= 0.6 is 0 Å². The first-order valence-electron chi connectivity index (χ1n) is 8.50. The van der Waals surface area contributed by atoms with Crippen LogP contribution in [0.1, 0.15) is 5.56 Å². The molecule has 1 N–H and O–H groups in total. The zero-order valence-corrected chi connectivity index (χ0v) is 14.4.